The summed E-state index contributed by atoms with van der Waals surface area (Å²) in [6, 6.07) is 7.89. The van der Waals surface area contributed by atoms with E-state index in [1.807, 2.05) is 38.1 Å². The van der Waals surface area contributed by atoms with Crippen LogP contribution in [0.4, 0.5) is 0 Å². The van der Waals surface area contributed by atoms with E-state index >= 15 is 0 Å². The number of hydrogen-bond acceptors (Lipinski definition) is 2. The molecule has 0 radical (unpaired) electrons. The van der Waals surface area contributed by atoms with Gasteiger partial charge < -0.3 is 0 Å². The van der Waals surface area contributed by atoms with Gasteiger partial charge in [0.25, 0.3) is 0 Å². The molecule has 0 unspecified atom stereocenters. The zero-order chi connectivity index (χ0) is 14.7. The lowest BCUT2D eigenvalue weighted by molar-refractivity contribution is 0.0966. The number of ketones is 1. The fourth-order valence-corrected chi connectivity index (χ4v) is 2.49. The number of aromatic nitrogens is 2. The number of rotatable bonds is 5. The van der Waals surface area contributed by atoms with Crippen LogP contribution in [0.3, 0.4) is 0 Å². The Morgan fingerprint density at radius 1 is 1.25 bits per heavy atom. The highest BCUT2D eigenvalue weighted by molar-refractivity contribution is 9.10. The van der Waals surface area contributed by atoms with E-state index in [1.165, 1.54) is 5.56 Å². The summed E-state index contributed by atoms with van der Waals surface area (Å²) in [4.78, 5) is 12.3. The lowest BCUT2D eigenvalue weighted by Crippen LogP contribution is -2.13. The molecule has 1 aromatic heterocycles. The second kappa shape index (κ2) is 6.35. The Labute approximate surface area is 128 Å². The predicted octanol–water partition coefficient (Wildman–Crippen LogP) is 4.10. The molecule has 0 aliphatic heterocycles. The minimum Gasteiger partial charge on any atom is -0.292 e. The molecule has 0 amide bonds. The fraction of sp³-hybridized carbons (Fsp3) is 0.375. The summed E-state index contributed by atoms with van der Waals surface area (Å²) >= 11 is 3.48. The standard InChI is InChI=1S/C16H19BrN2O/c1-4-5-13-6-8-14(9-7-13)15(20)10-19-12(3)16(17)11(2)18-19/h6-9H,4-5,10H2,1-3H3. The van der Waals surface area contributed by atoms with Crippen molar-refractivity contribution in [2.24, 2.45) is 0 Å². The first-order valence-electron chi connectivity index (χ1n) is 6.84. The number of benzene rings is 1. The molecule has 0 saturated heterocycles. The third-order valence-electron chi connectivity index (χ3n) is 3.40. The van der Waals surface area contributed by atoms with Gasteiger partial charge >= 0.3 is 0 Å². The van der Waals surface area contributed by atoms with Gasteiger partial charge in [-0.25, -0.2) is 0 Å². The number of carbonyl (C=O) groups is 1. The van der Waals surface area contributed by atoms with Gasteiger partial charge in [-0.05, 0) is 41.8 Å². The Balaban J connectivity index is 2.13. The van der Waals surface area contributed by atoms with E-state index in [0.717, 1.165) is 34.3 Å². The van der Waals surface area contributed by atoms with E-state index in [1.54, 1.807) is 4.68 Å². The number of carbonyl (C=O) groups excluding carboxylic acids is 1. The Kier molecular flexibility index (Phi) is 4.76. The second-order valence-electron chi connectivity index (χ2n) is 5.01. The van der Waals surface area contributed by atoms with Crippen molar-refractivity contribution in [3.8, 4) is 0 Å². The minimum atomic E-state index is 0.0890. The van der Waals surface area contributed by atoms with Gasteiger partial charge in [-0.3, -0.25) is 9.48 Å². The van der Waals surface area contributed by atoms with Crippen molar-refractivity contribution in [3.63, 3.8) is 0 Å². The Morgan fingerprint density at radius 3 is 2.40 bits per heavy atom. The lowest BCUT2D eigenvalue weighted by Gasteiger charge is -2.05. The molecule has 0 atom stereocenters. The molecule has 1 aromatic carbocycles. The van der Waals surface area contributed by atoms with Crippen LogP contribution in [-0.4, -0.2) is 15.6 Å². The first kappa shape index (κ1) is 15.0. The van der Waals surface area contributed by atoms with Crippen LogP contribution in [0.5, 0.6) is 0 Å². The van der Waals surface area contributed by atoms with Crippen molar-refractivity contribution in [3.05, 3.63) is 51.3 Å². The van der Waals surface area contributed by atoms with Crippen LogP contribution in [0, 0.1) is 13.8 Å². The van der Waals surface area contributed by atoms with Crippen LogP contribution < -0.4 is 0 Å². The first-order valence-corrected chi connectivity index (χ1v) is 7.64. The van der Waals surface area contributed by atoms with Gasteiger partial charge in [0.15, 0.2) is 5.78 Å². The highest BCUT2D eigenvalue weighted by atomic mass is 79.9. The van der Waals surface area contributed by atoms with Crippen molar-refractivity contribution in [1.29, 1.82) is 0 Å². The van der Waals surface area contributed by atoms with Crippen LogP contribution in [0.1, 0.15) is 40.7 Å². The fourth-order valence-electron chi connectivity index (χ4n) is 2.20. The van der Waals surface area contributed by atoms with Crippen LogP contribution in [0.15, 0.2) is 28.7 Å². The van der Waals surface area contributed by atoms with Crippen molar-refractivity contribution in [2.45, 2.75) is 40.2 Å². The minimum absolute atomic E-state index is 0.0890. The topological polar surface area (TPSA) is 34.9 Å². The summed E-state index contributed by atoms with van der Waals surface area (Å²) in [5, 5.41) is 4.37. The number of nitrogens with zero attached hydrogens (tertiary/aromatic N) is 2. The smallest absolute Gasteiger partial charge is 0.184 e. The molecule has 0 aliphatic carbocycles. The third kappa shape index (κ3) is 3.18. The normalized spacial score (nSPS) is 10.8. The molecule has 0 aliphatic rings. The summed E-state index contributed by atoms with van der Waals surface area (Å²) < 4.78 is 2.73. The molecule has 2 rings (SSSR count). The third-order valence-corrected chi connectivity index (χ3v) is 4.55. The zero-order valence-corrected chi connectivity index (χ0v) is 13.7. The maximum atomic E-state index is 12.3. The van der Waals surface area contributed by atoms with Crippen LogP contribution >= 0.6 is 15.9 Å². The molecule has 0 fully saturated rings. The summed E-state index contributed by atoms with van der Waals surface area (Å²) in [7, 11) is 0. The highest BCUT2D eigenvalue weighted by Gasteiger charge is 2.13. The number of aryl methyl sites for hydroxylation is 2. The van der Waals surface area contributed by atoms with E-state index in [4.69, 9.17) is 0 Å². The average molecular weight is 335 g/mol. The molecule has 4 heteroatoms. The van der Waals surface area contributed by atoms with Gasteiger partial charge in [0, 0.05) is 5.56 Å². The maximum absolute atomic E-state index is 12.3. The van der Waals surface area contributed by atoms with Gasteiger partial charge in [-0.2, -0.15) is 5.10 Å². The Morgan fingerprint density at radius 2 is 1.90 bits per heavy atom. The van der Waals surface area contributed by atoms with Crippen molar-refractivity contribution < 1.29 is 4.79 Å². The average Bonchev–Trinajstić information content (AvgIpc) is 2.67. The largest absolute Gasteiger partial charge is 0.292 e. The van der Waals surface area contributed by atoms with Crippen molar-refractivity contribution in [2.75, 3.05) is 0 Å². The molecular weight excluding hydrogens is 316 g/mol. The van der Waals surface area contributed by atoms with E-state index in [-0.39, 0.29) is 12.3 Å². The van der Waals surface area contributed by atoms with Gasteiger partial charge in [-0.15, -0.1) is 0 Å². The summed E-state index contributed by atoms with van der Waals surface area (Å²) in [5.74, 6) is 0.0890. The maximum Gasteiger partial charge on any atom is 0.184 e. The number of Topliss-reactive ketones (excluding diaryl/α,β-unsaturated/α-hetero) is 1. The quantitative estimate of drug-likeness (QED) is 0.771. The van der Waals surface area contributed by atoms with E-state index < -0.39 is 0 Å². The van der Waals surface area contributed by atoms with E-state index in [9.17, 15) is 4.79 Å². The van der Waals surface area contributed by atoms with Gasteiger partial charge in [-0.1, -0.05) is 37.6 Å². The van der Waals surface area contributed by atoms with Crippen LogP contribution in [-0.2, 0) is 13.0 Å². The molecule has 0 N–H and O–H groups in total. The molecule has 20 heavy (non-hydrogen) atoms. The Bertz CT molecular complexity index is 614. The molecule has 106 valence electrons. The molecule has 0 spiro atoms. The summed E-state index contributed by atoms with van der Waals surface area (Å²) in [6.45, 7) is 6.32. The van der Waals surface area contributed by atoms with E-state index in [2.05, 4.69) is 28.0 Å². The molecule has 0 bridgehead atoms. The highest BCUT2D eigenvalue weighted by Crippen LogP contribution is 2.20. The summed E-state index contributed by atoms with van der Waals surface area (Å²) in [6.07, 6.45) is 2.17. The van der Waals surface area contributed by atoms with E-state index in [0.29, 0.717) is 0 Å². The van der Waals surface area contributed by atoms with Crippen LogP contribution in [0.25, 0.3) is 0 Å². The SMILES string of the molecule is CCCc1ccc(C(=O)Cn2nc(C)c(Br)c2C)cc1. The molecule has 3 nitrogen and oxygen atoms in total. The van der Waals surface area contributed by atoms with Gasteiger partial charge in [0.05, 0.1) is 15.9 Å². The monoisotopic (exact) mass is 334 g/mol. The summed E-state index contributed by atoms with van der Waals surface area (Å²) in [5.41, 5.74) is 3.92. The molecule has 0 saturated carbocycles. The molecule has 2 aromatic rings. The Hall–Kier alpha value is -1.42. The number of hydrogen-bond donors (Lipinski definition) is 0. The zero-order valence-electron chi connectivity index (χ0n) is 12.1. The van der Waals surface area contributed by atoms with Crippen LogP contribution in [0.2, 0.25) is 0 Å². The molecule has 1 heterocycles. The van der Waals surface area contributed by atoms with Crippen molar-refractivity contribution in [1.82, 2.24) is 9.78 Å². The molecular formula is C16H19BrN2O. The number of halogens is 1. The van der Waals surface area contributed by atoms with Crippen molar-refractivity contribution >= 4 is 21.7 Å². The first-order chi connectivity index (χ1) is 9.52. The van der Waals surface area contributed by atoms with Gasteiger partial charge in [0.1, 0.15) is 6.54 Å². The lowest BCUT2D eigenvalue weighted by atomic mass is 10.1. The predicted molar refractivity (Wildman–Crippen MR) is 84.2 cm³/mol. The second-order valence-corrected chi connectivity index (χ2v) is 5.81. The van der Waals surface area contributed by atoms with Gasteiger partial charge in [0.2, 0.25) is 0 Å².